The van der Waals surface area contributed by atoms with E-state index in [1.54, 1.807) is 0 Å². The van der Waals surface area contributed by atoms with Crippen molar-refractivity contribution in [2.45, 2.75) is 95.2 Å². The van der Waals surface area contributed by atoms with Crippen LogP contribution >= 0.6 is 0 Å². The standard InChI is InChI=1S/C36H49N5O4/c1-22-27-19-28(33(22)37(2)36(45)39-14-5-6-15-39)32-31(27)34(43)40(35(32)44)21-25-10-7-9-24(25)20-38-16-12-26(13-17-38)41-29-11-4-3-8-23(29)18-30(41)42/h3-4,8,11,22,24-28,33,43-44H,5-7,9-10,12-21H2,1-2H3/t22?,24-,25-,27?,28?,33?/m1/s1. The molecule has 1 aromatic carbocycles. The van der Waals surface area contributed by atoms with Gasteiger partial charge in [-0.2, -0.15) is 0 Å². The molecule has 0 radical (unpaired) electrons. The van der Waals surface area contributed by atoms with Crippen LogP contribution in [-0.4, -0.2) is 93.3 Å². The second-order valence-corrected chi connectivity index (χ2v) is 15.0. The summed E-state index contributed by atoms with van der Waals surface area (Å²) in [6, 6.07) is 8.66. The van der Waals surface area contributed by atoms with E-state index in [0.29, 0.717) is 24.8 Å². The molecule has 2 bridgehead atoms. The Morgan fingerprint density at radius 3 is 2.29 bits per heavy atom. The number of likely N-dealkylation sites (tertiary alicyclic amines) is 2. The van der Waals surface area contributed by atoms with Crippen LogP contribution in [-0.2, 0) is 17.8 Å². The number of benzene rings is 1. The molecule has 4 unspecified atom stereocenters. The van der Waals surface area contributed by atoms with Crippen molar-refractivity contribution in [1.29, 1.82) is 0 Å². The number of para-hydroxylation sites is 1. The third-order valence-electron chi connectivity index (χ3n) is 12.8. The molecule has 242 valence electrons. The van der Waals surface area contributed by atoms with Crippen LogP contribution < -0.4 is 4.90 Å². The fourth-order valence-electron chi connectivity index (χ4n) is 10.5. The molecule has 45 heavy (non-hydrogen) atoms. The molecule has 3 amide bonds. The van der Waals surface area contributed by atoms with E-state index in [0.717, 1.165) is 93.6 Å². The first-order chi connectivity index (χ1) is 21.8. The molecule has 1 aromatic heterocycles. The van der Waals surface area contributed by atoms with E-state index in [9.17, 15) is 19.8 Å². The summed E-state index contributed by atoms with van der Waals surface area (Å²) in [5.41, 5.74) is 4.10. The van der Waals surface area contributed by atoms with E-state index >= 15 is 0 Å². The number of urea groups is 1. The van der Waals surface area contributed by atoms with Crippen molar-refractivity contribution < 1.29 is 19.8 Å². The third kappa shape index (κ3) is 4.66. The normalized spacial score (nSPS) is 31.3. The quantitative estimate of drug-likeness (QED) is 0.472. The van der Waals surface area contributed by atoms with E-state index in [1.807, 2.05) is 33.5 Å². The Bertz CT molecular complexity index is 1470. The average molecular weight is 616 g/mol. The van der Waals surface area contributed by atoms with Crippen molar-refractivity contribution in [2.75, 3.05) is 44.7 Å². The summed E-state index contributed by atoms with van der Waals surface area (Å²) in [6.45, 7) is 7.57. The van der Waals surface area contributed by atoms with Gasteiger partial charge in [0, 0.05) is 81.1 Å². The molecular formula is C36H49N5O4. The number of hydrogen-bond donors (Lipinski definition) is 2. The lowest BCUT2D eigenvalue weighted by atomic mass is 9.82. The Morgan fingerprint density at radius 1 is 0.889 bits per heavy atom. The SMILES string of the molecule is CC1C2CC(c3c2c(O)n(C[C@H]2CCC[C@@H]2CN2CCC(N4C(=O)Cc5ccccc54)CC2)c3O)C1N(C)C(=O)N1CCCC1. The number of anilines is 1. The molecule has 4 fully saturated rings. The zero-order valence-electron chi connectivity index (χ0n) is 26.9. The second-order valence-electron chi connectivity index (χ2n) is 15.0. The number of carbonyl (C=O) groups is 2. The van der Waals surface area contributed by atoms with Crippen molar-refractivity contribution in [2.24, 2.45) is 17.8 Å². The minimum atomic E-state index is 0.0447. The monoisotopic (exact) mass is 615 g/mol. The van der Waals surface area contributed by atoms with Crippen LogP contribution in [0.3, 0.4) is 0 Å². The Morgan fingerprint density at radius 2 is 1.56 bits per heavy atom. The van der Waals surface area contributed by atoms with Gasteiger partial charge < -0.3 is 29.8 Å². The lowest BCUT2D eigenvalue weighted by Crippen LogP contribution is -2.48. The predicted molar refractivity (Wildman–Crippen MR) is 173 cm³/mol. The van der Waals surface area contributed by atoms with Crippen LogP contribution in [0.5, 0.6) is 11.8 Å². The van der Waals surface area contributed by atoms with Gasteiger partial charge in [0.05, 0.1) is 6.42 Å². The summed E-state index contributed by atoms with van der Waals surface area (Å²) >= 11 is 0. The Kier molecular flexibility index (Phi) is 7.30. The van der Waals surface area contributed by atoms with Crippen molar-refractivity contribution >= 4 is 17.6 Å². The van der Waals surface area contributed by atoms with Crippen molar-refractivity contribution in [3.8, 4) is 11.8 Å². The molecule has 0 spiro atoms. The van der Waals surface area contributed by atoms with Crippen LogP contribution in [0.4, 0.5) is 10.5 Å². The number of fused-ring (bicyclic) bond motifs is 6. The highest BCUT2D eigenvalue weighted by molar-refractivity contribution is 6.01. The molecule has 2 aromatic rings. The second kappa shape index (κ2) is 11.2. The van der Waals surface area contributed by atoms with Crippen LogP contribution in [0.15, 0.2) is 24.3 Å². The van der Waals surface area contributed by atoms with E-state index < -0.39 is 0 Å². The molecule has 2 saturated carbocycles. The number of carbonyl (C=O) groups excluding carboxylic acids is 2. The summed E-state index contributed by atoms with van der Waals surface area (Å²) in [5.74, 6) is 2.15. The summed E-state index contributed by atoms with van der Waals surface area (Å²) in [7, 11) is 1.93. The first-order valence-corrected chi connectivity index (χ1v) is 17.6. The van der Waals surface area contributed by atoms with Crippen LogP contribution in [0.2, 0.25) is 0 Å². The highest BCUT2D eigenvalue weighted by atomic mass is 16.3. The van der Waals surface area contributed by atoms with E-state index in [-0.39, 0.29) is 53.5 Å². The number of rotatable bonds is 6. The maximum absolute atomic E-state index is 13.3. The number of amides is 3. The van der Waals surface area contributed by atoms with Gasteiger partial charge in [-0.1, -0.05) is 31.5 Å². The number of nitrogens with zero attached hydrogens (tertiary/aromatic N) is 5. The smallest absolute Gasteiger partial charge is 0.320 e. The number of hydrogen-bond acceptors (Lipinski definition) is 5. The lowest BCUT2D eigenvalue weighted by molar-refractivity contribution is -0.118. The fraction of sp³-hybridized carbons (Fsp3) is 0.667. The zero-order chi connectivity index (χ0) is 31.0. The number of aromatic nitrogens is 1. The van der Waals surface area contributed by atoms with Gasteiger partial charge in [0.2, 0.25) is 5.91 Å². The van der Waals surface area contributed by atoms with E-state index in [4.69, 9.17) is 0 Å². The molecule has 2 saturated heterocycles. The van der Waals surface area contributed by atoms with Gasteiger partial charge in [-0.3, -0.25) is 9.36 Å². The van der Waals surface area contributed by atoms with Crippen molar-refractivity contribution in [3.05, 3.63) is 41.0 Å². The molecule has 8 rings (SSSR count). The lowest BCUT2D eigenvalue weighted by Gasteiger charge is -2.38. The molecule has 3 aliphatic carbocycles. The molecule has 9 nitrogen and oxygen atoms in total. The first-order valence-electron chi connectivity index (χ1n) is 17.6. The molecule has 6 atom stereocenters. The van der Waals surface area contributed by atoms with Gasteiger partial charge in [0.15, 0.2) is 11.8 Å². The van der Waals surface area contributed by atoms with Gasteiger partial charge in [-0.25, -0.2) is 4.79 Å². The van der Waals surface area contributed by atoms with Crippen LogP contribution in [0.1, 0.15) is 86.8 Å². The average Bonchev–Trinajstić information content (AvgIpc) is 3.89. The maximum Gasteiger partial charge on any atom is 0.320 e. The van der Waals surface area contributed by atoms with Gasteiger partial charge in [-0.15, -0.1) is 0 Å². The van der Waals surface area contributed by atoms with Crippen LogP contribution in [0.25, 0.3) is 0 Å². The molecule has 9 heteroatoms. The number of piperidine rings is 1. The zero-order valence-corrected chi connectivity index (χ0v) is 26.9. The van der Waals surface area contributed by atoms with E-state index in [2.05, 4.69) is 28.9 Å². The Hall–Kier alpha value is -3.20. The van der Waals surface area contributed by atoms with Gasteiger partial charge in [-0.05, 0) is 80.2 Å². The van der Waals surface area contributed by atoms with Gasteiger partial charge >= 0.3 is 6.03 Å². The predicted octanol–water partition coefficient (Wildman–Crippen LogP) is 5.11. The van der Waals surface area contributed by atoms with Gasteiger partial charge in [0.1, 0.15) is 0 Å². The highest BCUT2D eigenvalue weighted by Crippen LogP contribution is 2.63. The summed E-state index contributed by atoms with van der Waals surface area (Å²) < 4.78 is 1.81. The molecule has 4 heterocycles. The van der Waals surface area contributed by atoms with E-state index in [1.165, 1.54) is 12.8 Å². The topological polar surface area (TPSA) is 92.5 Å². The molecule has 6 aliphatic rings. The molecular weight excluding hydrogens is 566 g/mol. The van der Waals surface area contributed by atoms with Crippen molar-refractivity contribution in [3.63, 3.8) is 0 Å². The van der Waals surface area contributed by atoms with Crippen LogP contribution in [0, 0.1) is 17.8 Å². The minimum Gasteiger partial charge on any atom is -0.494 e. The number of aromatic hydroxyl groups is 2. The maximum atomic E-state index is 13.3. The summed E-state index contributed by atoms with van der Waals surface area (Å²) in [4.78, 5) is 34.7. The van der Waals surface area contributed by atoms with Crippen molar-refractivity contribution in [1.82, 2.24) is 19.3 Å². The Balaban J connectivity index is 0.928. The Labute approximate surface area is 266 Å². The summed E-state index contributed by atoms with van der Waals surface area (Å²) in [6.07, 6.45) is 9.04. The largest absolute Gasteiger partial charge is 0.494 e. The van der Waals surface area contributed by atoms with Gasteiger partial charge in [0.25, 0.3) is 0 Å². The highest BCUT2D eigenvalue weighted by Gasteiger charge is 2.56. The minimum absolute atomic E-state index is 0.0447. The first kappa shape index (κ1) is 29.2. The fourth-order valence-corrected chi connectivity index (χ4v) is 10.5. The summed E-state index contributed by atoms with van der Waals surface area (Å²) in [5, 5.41) is 23.2. The molecule has 2 N–H and O–H groups in total. The third-order valence-corrected chi connectivity index (χ3v) is 12.8. The number of likely N-dealkylation sites (N-methyl/N-ethyl adjacent to an activating group) is 1. The molecule has 3 aliphatic heterocycles.